The molecule has 0 fully saturated rings. The lowest BCUT2D eigenvalue weighted by Crippen LogP contribution is -1.90. The molecule has 1 aromatic carbocycles. The zero-order valence-corrected chi connectivity index (χ0v) is 10.8. The number of nitrogens with zero attached hydrogens (tertiary/aromatic N) is 3. The summed E-state index contributed by atoms with van der Waals surface area (Å²) in [4.78, 5) is 14.4. The van der Waals surface area contributed by atoms with E-state index in [0.717, 1.165) is 5.56 Å². The van der Waals surface area contributed by atoms with Crippen LogP contribution < -0.4 is 5.73 Å². The van der Waals surface area contributed by atoms with Gasteiger partial charge in [0.05, 0.1) is 10.5 Å². The predicted molar refractivity (Wildman–Crippen MR) is 76.2 cm³/mol. The van der Waals surface area contributed by atoms with Crippen LogP contribution in [0.25, 0.3) is 22.5 Å². The molecule has 0 bridgehead atoms. The van der Waals surface area contributed by atoms with Crippen molar-refractivity contribution in [3.05, 3.63) is 58.9 Å². The van der Waals surface area contributed by atoms with Gasteiger partial charge < -0.3 is 10.3 Å². The van der Waals surface area contributed by atoms with Crippen molar-refractivity contribution >= 4 is 11.5 Å². The molecule has 0 amide bonds. The quantitative estimate of drug-likeness (QED) is 0.584. The molecule has 0 saturated heterocycles. The number of nitro groups is 1. The van der Waals surface area contributed by atoms with E-state index in [1.54, 1.807) is 30.6 Å². The number of nitrogen functional groups attached to an aromatic ring is 1. The number of pyridine rings is 1. The Morgan fingerprint density at radius 2 is 2.00 bits per heavy atom. The number of benzene rings is 1. The molecule has 0 spiro atoms. The molecule has 3 rings (SSSR count). The van der Waals surface area contributed by atoms with E-state index in [1.165, 1.54) is 12.1 Å². The van der Waals surface area contributed by atoms with Gasteiger partial charge in [0, 0.05) is 35.7 Å². The van der Waals surface area contributed by atoms with Crippen LogP contribution in [0.15, 0.2) is 53.3 Å². The fraction of sp³-hybridized carbons (Fsp3) is 0. The minimum Gasteiger partial charge on any atom is -0.380 e. The molecule has 0 unspecified atom stereocenters. The minimum atomic E-state index is -0.465. The van der Waals surface area contributed by atoms with Crippen LogP contribution in [0.5, 0.6) is 0 Å². The normalized spacial score (nSPS) is 10.5. The van der Waals surface area contributed by atoms with Crippen molar-refractivity contribution in [3.63, 3.8) is 0 Å². The molecule has 7 heteroatoms. The number of aromatic nitrogens is 2. The zero-order valence-electron chi connectivity index (χ0n) is 10.8. The second-order valence-electron chi connectivity index (χ2n) is 4.32. The molecule has 2 N–H and O–H groups in total. The Morgan fingerprint density at radius 1 is 1.19 bits per heavy atom. The Balaban J connectivity index is 2.17. The van der Waals surface area contributed by atoms with Gasteiger partial charge in [-0.3, -0.25) is 15.1 Å². The third-order valence-electron chi connectivity index (χ3n) is 2.99. The maximum Gasteiger partial charge on any atom is 0.270 e. The fourth-order valence-corrected chi connectivity index (χ4v) is 2.05. The van der Waals surface area contributed by atoms with Gasteiger partial charge in [-0.05, 0) is 6.07 Å². The van der Waals surface area contributed by atoms with Gasteiger partial charge in [0.2, 0.25) is 0 Å². The Hall–Kier alpha value is -3.22. The van der Waals surface area contributed by atoms with E-state index in [0.29, 0.717) is 16.9 Å². The fourth-order valence-electron chi connectivity index (χ4n) is 2.05. The summed E-state index contributed by atoms with van der Waals surface area (Å²) < 4.78 is 5.25. The molecule has 0 saturated carbocycles. The number of non-ortho nitro benzene ring substituents is 1. The second-order valence-corrected chi connectivity index (χ2v) is 4.32. The van der Waals surface area contributed by atoms with Gasteiger partial charge >= 0.3 is 0 Å². The summed E-state index contributed by atoms with van der Waals surface area (Å²) in [7, 11) is 0. The Kier molecular flexibility index (Phi) is 3.07. The lowest BCUT2D eigenvalue weighted by atomic mass is 10.0. The van der Waals surface area contributed by atoms with E-state index < -0.39 is 4.92 Å². The van der Waals surface area contributed by atoms with E-state index in [-0.39, 0.29) is 11.5 Å². The minimum absolute atomic E-state index is 0.0281. The summed E-state index contributed by atoms with van der Waals surface area (Å²) in [6.45, 7) is 0. The predicted octanol–water partition coefficient (Wildman–Crippen LogP) is 2.89. The summed E-state index contributed by atoms with van der Waals surface area (Å²) in [5.74, 6) is 0.591. The van der Waals surface area contributed by atoms with Crippen LogP contribution >= 0.6 is 0 Å². The Morgan fingerprint density at radius 3 is 2.71 bits per heavy atom. The average Bonchev–Trinajstić information content (AvgIpc) is 2.90. The van der Waals surface area contributed by atoms with Gasteiger partial charge in [-0.2, -0.15) is 0 Å². The highest BCUT2D eigenvalue weighted by atomic mass is 16.6. The van der Waals surface area contributed by atoms with Crippen LogP contribution in [0.2, 0.25) is 0 Å². The first kappa shape index (κ1) is 12.8. The maximum atomic E-state index is 10.9. The van der Waals surface area contributed by atoms with E-state index in [2.05, 4.69) is 10.1 Å². The number of hydrogen-bond acceptors (Lipinski definition) is 6. The number of hydrogen-bond donors (Lipinski definition) is 1. The average molecular weight is 282 g/mol. The van der Waals surface area contributed by atoms with Crippen molar-refractivity contribution in [3.8, 4) is 22.5 Å². The van der Waals surface area contributed by atoms with Crippen LogP contribution in [0.1, 0.15) is 0 Å². The van der Waals surface area contributed by atoms with Crippen LogP contribution in [-0.2, 0) is 0 Å². The maximum absolute atomic E-state index is 10.9. The summed E-state index contributed by atoms with van der Waals surface area (Å²) in [5, 5.41) is 14.6. The highest BCUT2D eigenvalue weighted by Crippen LogP contribution is 2.37. The standard InChI is InChI=1S/C14H10N4O3/c15-14-12(10-4-2-6-16-8-10)13(21-17-14)9-3-1-5-11(7-9)18(19)20/h1-8H,(H2,15,17). The van der Waals surface area contributed by atoms with Gasteiger partial charge in [-0.25, -0.2) is 0 Å². The molecule has 104 valence electrons. The van der Waals surface area contributed by atoms with Gasteiger partial charge in [-0.15, -0.1) is 0 Å². The van der Waals surface area contributed by atoms with Crippen LogP contribution in [0.3, 0.4) is 0 Å². The molecule has 0 atom stereocenters. The number of anilines is 1. The molecular weight excluding hydrogens is 272 g/mol. The van der Waals surface area contributed by atoms with Crippen LogP contribution in [0.4, 0.5) is 11.5 Å². The summed E-state index contributed by atoms with van der Waals surface area (Å²) >= 11 is 0. The highest BCUT2D eigenvalue weighted by molar-refractivity contribution is 5.86. The Labute approximate surface area is 119 Å². The van der Waals surface area contributed by atoms with Crippen molar-refractivity contribution in [2.45, 2.75) is 0 Å². The lowest BCUT2D eigenvalue weighted by Gasteiger charge is -2.02. The van der Waals surface area contributed by atoms with Crippen molar-refractivity contribution in [2.24, 2.45) is 0 Å². The molecule has 3 aromatic rings. The number of rotatable bonds is 3. The van der Waals surface area contributed by atoms with Gasteiger partial charge in [0.15, 0.2) is 11.6 Å². The molecule has 0 radical (unpaired) electrons. The molecule has 21 heavy (non-hydrogen) atoms. The highest BCUT2D eigenvalue weighted by Gasteiger charge is 2.19. The number of nitro benzene ring substituents is 1. The van der Waals surface area contributed by atoms with E-state index in [4.69, 9.17) is 10.3 Å². The molecule has 0 aliphatic carbocycles. The van der Waals surface area contributed by atoms with Gasteiger partial charge in [0.25, 0.3) is 5.69 Å². The first-order valence-corrected chi connectivity index (χ1v) is 6.07. The lowest BCUT2D eigenvalue weighted by molar-refractivity contribution is -0.384. The first-order chi connectivity index (χ1) is 10.2. The first-order valence-electron chi connectivity index (χ1n) is 6.07. The molecule has 7 nitrogen and oxygen atoms in total. The van der Waals surface area contributed by atoms with Crippen molar-refractivity contribution in [1.82, 2.24) is 10.1 Å². The largest absolute Gasteiger partial charge is 0.380 e. The Bertz CT molecular complexity index is 799. The van der Waals surface area contributed by atoms with Crippen LogP contribution in [0, 0.1) is 10.1 Å². The molecule has 0 aliphatic rings. The smallest absolute Gasteiger partial charge is 0.270 e. The molecule has 0 aliphatic heterocycles. The van der Waals surface area contributed by atoms with Crippen molar-refractivity contribution < 1.29 is 9.45 Å². The third-order valence-corrected chi connectivity index (χ3v) is 2.99. The molecule has 2 aromatic heterocycles. The molecular formula is C14H10N4O3. The number of nitrogens with two attached hydrogens (primary N) is 1. The topological polar surface area (TPSA) is 108 Å². The van der Waals surface area contributed by atoms with Gasteiger partial charge in [0.1, 0.15) is 0 Å². The van der Waals surface area contributed by atoms with E-state index in [1.807, 2.05) is 6.07 Å². The zero-order chi connectivity index (χ0) is 14.8. The van der Waals surface area contributed by atoms with Gasteiger partial charge in [-0.1, -0.05) is 23.4 Å². The monoisotopic (exact) mass is 282 g/mol. The van der Waals surface area contributed by atoms with Crippen molar-refractivity contribution in [2.75, 3.05) is 5.73 Å². The summed E-state index contributed by atoms with van der Waals surface area (Å²) in [6, 6.07) is 9.69. The summed E-state index contributed by atoms with van der Waals surface area (Å²) in [6.07, 6.45) is 3.27. The van der Waals surface area contributed by atoms with E-state index in [9.17, 15) is 10.1 Å². The third kappa shape index (κ3) is 2.32. The SMILES string of the molecule is Nc1noc(-c2cccc([N+](=O)[O-])c2)c1-c1cccnc1. The van der Waals surface area contributed by atoms with Crippen molar-refractivity contribution in [1.29, 1.82) is 0 Å². The second kappa shape index (κ2) is 5.04. The van der Waals surface area contributed by atoms with Crippen LogP contribution in [-0.4, -0.2) is 15.1 Å². The summed E-state index contributed by atoms with van der Waals surface area (Å²) in [5.41, 5.74) is 7.66. The molecule has 2 heterocycles. The van der Waals surface area contributed by atoms with E-state index >= 15 is 0 Å².